The van der Waals surface area contributed by atoms with Crippen molar-refractivity contribution in [3.05, 3.63) is 45.7 Å². The largest absolute Gasteiger partial charge is 0.395 e. The summed E-state index contributed by atoms with van der Waals surface area (Å²) < 4.78 is 0. The van der Waals surface area contributed by atoms with Crippen LogP contribution in [0.1, 0.15) is 41.8 Å². The van der Waals surface area contributed by atoms with Crippen molar-refractivity contribution >= 4 is 40.6 Å². The Morgan fingerprint density at radius 1 is 1.33 bits per heavy atom. The van der Waals surface area contributed by atoms with E-state index in [4.69, 9.17) is 16.7 Å². The SMILES string of the molecule is O=C(NCCO)C(CC1CCCC1)N(CNc1cc(Cl)ccn1)C(=O)c1cccs1. The minimum atomic E-state index is -0.638. The molecule has 2 amide bonds. The molecule has 1 aliphatic rings. The van der Waals surface area contributed by atoms with Crippen LogP contribution in [0.3, 0.4) is 0 Å². The summed E-state index contributed by atoms with van der Waals surface area (Å²) >= 11 is 7.39. The van der Waals surface area contributed by atoms with Gasteiger partial charge in [0, 0.05) is 17.8 Å². The standard InChI is InChI=1S/C21H27ClN4O3S/c22-16-7-8-23-19(13-16)25-14-26(21(29)18-6-3-11-30-18)17(20(28)24-9-10-27)12-15-4-1-2-5-15/h3,6-8,11,13,15,17,27H,1-2,4-5,9-10,12,14H2,(H,23,25)(H,24,28). The van der Waals surface area contributed by atoms with E-state index in [1.165, 1.54) is 11.3 Å². The number of thiophene rings is 1. The zero-order chi connectivity index (χ0) is 21.3. The van der Waals surface area contributed by atoms with Crippen LogP contribution in [0.2, 0.25) is 5.02 Å². The molecule has 7 nitrogen and oxygen atoms in total. The van der Waals surface area contributed by atoms with Crippen LogP contribution in [0.4, 0.5) is 5.82 Å². The lowest BCUT2D eigenvalue weighted by Gasteiger charge is -2.32. The highest BCUT2D eigenvalue weighted by Gasteiger charge is 2.33. The first kappa shape index (κ1) is 22.5. The van der Waals surface area contributed by atoms with E-state index >= 15 is 0 Å². The lowest BCUT2D eigenvalue weighted by atomic mass is 9.96. The van der Waals surface area contributed by atoms with E-state index in [0.717, 1.165) is 25.7 Å². The molecule has 162 valence electrons. The van der Waals surface area contributed by atoms with Crippen molar-refractivity contribution in [2.45, 2.75) is 38.1 Å². The Hall–Kier alpha value is -2.16. The van der Waals surface area contributed by atoms with E-state index in [9.17, 15) is 9.59 Å². The summed E-state index contributed by atoms with van der Waals surface area (Å²) in [6, 6.07) is 6.29. The number of carbonyl (C=O) groups is 2. The van der Waals surface area contributed by atoms with Crippen molar-refractivity contribution in [2.75, 3.05) is 25.1 Å². The number of carbonyl (C=O) groups excluding carboxylic acids is 2. The van der Waals surface area contributed by atoms with Crippen LogP contribution in [0.25, 0.3) is 0 Å². The molecule has 30 heavy (non-hydrogen) atoms. The zero-order valence-corrected chi connectivity index (χ0v) is 18.3. The highest BCUT2D eigenvalue weighted by atomic mass is 35.5. The number of nitrogens with zero attached hydrogens (tertiary/aromatic N) is 2. The number of anilines is 1. The smallest absolute Gasteiger partial charge is 0.266 e. The van der Waals surface area contributed by atoms with Crippen molar-refractivity contribution in [2.24, 2.45) is 5.92 Å². The number of aliphatic hydroxyl groups is 1. The van der Waals surface area contributed by atoms with Crippen LogP contribution in [0.5, 0.6) is 0 Å². The Morgan fingerprint density at radius 2 is 2.13 bits per heavy atom. The Labute approximate surface area is 185 Å². The number of aromatic nitrogens is 1. The fraction of sp³-hybridized carbons (Fsp3) is 0.476. The quantitative estimate of drug-likeness (QED) is 0.482. The molecule has 1 saturated carbocycles. The van der Waals surface area contributed by atoms with Gasteiger partial charge in [-0.1, -0.05) is 43.4 Å². The zero-order valence-electron chi connectivity index (χ0n) is 16.7. The number of hydrogen-bond donors (Lipinski definition) is 3. The van der Waals surface area contributed by atoms with Crippen LogP contribution >= 0.6 is 22.9 Å². The van der Waals surface area contributed by atoms with Crippen LogP contribution in [-0.4, -0.2) is 52.7 Å². The second-order valence-electron chi connectivity index (χ2n) is 7.36. The number of hydrogen-bond acceptors (Lipinski definition) is 6. The Morgan fingerprint density at radius 3 is 2.80 bits per heavy atom. The normalized spacial score (nSPS) is 15.0. The molecule has 3 rings (SSSR count). The van der Waals surface area contributed by atoms with Gasteiger partial charge in [-0.2, -0.15) is 0 Å². The fourth-order valence-electron chi connectivity index (χ4n) is 3.77. The molecule has 0 aromatic carbocycles. The van der Waals surface area contributed by atoms with Gasteiger partial charge in [0.1, 0.15) is 11.9 Å². The fourth-order valence-corrected chi connectivity index (χ4v) is 4.61. The average molecular weight is 451 g/mol. The maximum atomic E-state index is 13.3. The first-order valence-corrected chi connectivity index (χ1v) is 11.4. The lowest BCUT2D eigenvalue weighted by Crippen LogP contribution is -2.52. The second kappa shape index (κ2) is 11.3. The maximum Gasteiger partial charge on any atom is 0.266 e. The summed E-state index contributed by atoms with van der Waals surface area (Å²) in [4.78, 5) is 32.7. The number of nitrogens with one attached hydrogen (secondary N) is 2. The maximum absolute atomic E-state index is 13.3. The van der Waals surface area contributed by atoms with Crippen LogP contribution < -0.4 is 10.6 Å². The second-order valence-corrected chi connectivity index (χ2v) is 8.75. The van der Waals surface area contributed by atoms with E-state index in [1.54, 1.807) is 29.3 Å². The summed E-state index contributed by atoms with van der Waals surface area (Å²) in [5.74, 6) is 0.475. The predicted molar refractivity (Wildman–Crippen MR) is 119 cm³/mol. The molecule has 1 unspecified atom stereocenters. The van der Waals surface area contributed by atoms with Gasteiger partial charge in [0.25, 0.3) is 5.91 Å². The monoisotopic (exact) mass is 450 g/mol. The molecule has 0 bridgehead atoms. The van der Waals surface area contributed by atoms with Gasteiger partial charge in [-0.05, 0) is 35.9 Å². The van der Waals surface area contributed by atoms with E-state index < -0.39 is 6.04 Å². The summed E-state index contributed by atoms with van der Waals surface area (Å²) in [6.45, 7) is 0.129. The minimum Gasteiger partial charge on any atom is -0.395 e. The van der Waals surface area contributed by atoms with E-state index in [-0.39, 0.29) is 31.6 Å². The highest BCUT2D eigenvalue weighted by molar-refractivity contribution is 7.12. The third-order valence-corrected chi connectivity index (χ3v) is 6.36. The van der Waals surface area contributed by atoms with E-state index in [1.807, 2.05) is 11.4 Å². The van der Waals surface area contributed by atoms with Gasteiger partial charge in [0.2, 0.25) is 5.91 Å². The molecule has 0 radical (unpaired) electrons. The van der Waals surface area contributed by atoms with Crippen molar-refractivity contribution in [1.82, 2.24) is 15.2 Å². The lowest BCUT2D eigenvalue weighted by molar-refractivity contribution is -0.126. The molecule has 0 saturated heterocycles. The molecule has 1 aliphatic carbocycles. The molecule has 2 heterocycles. The number of amides is 2. The van der Waals surface area contributed by atoms with E-state index in [0.29, 0.717) is 28.1 Å². The van der Waals surface area contributed by atoms with E-state index in [2.05, 4.69) is 15.6 Å². The topological polar surface area (TPSA) is 94.6 Å². The summed E-state index contributed by atoms with van der Waals surface area (Å²) in [5, 5.41) is 17.4. The third kappa shape index (κ3) is 6.17. The van der Waals surface area contributed by atoms with Crippen molar-refractivity contribution in [3.8, 4) is 0 Å². The van der Waals surface area contributed by atoms with Gasteiger partial charge in [-0.25, -0.2) is 4.98 Å². The molecule has 2 aromatic heterocycles. The van der Waals surface area contributed by atoms with Crippen LogP contribution in [0.15, 0.2) is 35.8 Å². The van der Waals surface area contributed by atoms with Gasteiger partial charge < -0.3 is 20.6 Å². The van der Waals surface area contributed by atoms with Crippen molar-refractivity contribution in [3.63, 3.8) is 0 Å². The number of pyridine rings is 1. The number of rotatable bonds is 10. The van der Waals surface area contributed by atoms with Crippen LogP contribution in [-0.2, 0) is 4.79 Å². The number of halogens is 1. The average Bonchev–Trinajstić information content (AvgIpc) is 3.45. The molecule has 2 aromatic rings. The minimum absolute atomic E-state index is 0.119. The molecular weight excluding hydrogens is 424 g/mol. The molecule has 0 aliphatic heterocycles. The Kier molecular flexibility index (Phi) is 8.48. The first-order chi connectivity index (χ1) is 14.6. The van der Waals surface area contributed by atoms with Crippen molar-refractivity contribution < 1.29 is 14.7 Å². The molecule has 1 atom stereocenters. The van der Waals surface area contributed by atoms with Crippen LogP contribution in [0, 0.1) is 5.92 Å². The molecule has 0 spiro atoms. The first-order valence-electron chi connectivity index (χ1n) is 10.2. The number of aliphatic hydroxyl groups excluding tert-OH is 1. The summed E-state index contributed by atoms with van der Waals surface area (Å²) in [6.07, 6.45) is 6.61. The molecule has 9 heteroatoms. The highest BCUT2D eigenvalue weighted by Crippen LogP contribution is 2.30. The van der Waals surface area contributed by atoms with Gasteiger partial charge in [0.05, 0.1) is 18.2 Å². The Bertz CT molecular complexity index is 827. The molecule has 3 N–H and O–H groups in total. The van der Waals surface area contributed by atoms with Crippen molar-refractivity contribution in [1.29, 1.82) is 0 Å². The molecule has 1 fully saturated rings. The van der Waals surface area contributed by atoms with Gasteiger partial charge >= 0.3 is 0 Å². The predicted octanol–water partition coefficient (Wildman–Crippen LogP) is 3.37. The Balaban J connectivity index is 1.84. The summed E-state index contributed by atoms with van der Waals surface area (Å²) in [5.41, 5.74) is 0. The van der Waals surface area contributed by atoms with Gasteiger partial charge in [0.15, 0.2) is 0 Å². The van der Waals surface area contributed by atoms with Gasteiger partial charge in [-0.3, -0.25) is 9.59 Å². The summed E-state index contributed by atoms with van der Waals surface area (Å²) in [7, 11) is 0. The van der Waals surface area contributed by atoms with Gasteiger partial charge in [-0.15, -0.1) is 11.3 Å². The molecular formula is C21H27ClN4O3S. The third-order valence-electron chi connectivity index (χ3n) is 5.27.